The standard InChI is InChI=1S/C20H21N5O2S2/c1-11-6-7-14(12(2)8-11)25-10-22-24-20(25)28-9-16(26)23-19-17(18(21)27)13-4-3-5-15(13)29-19/h6-8,10H,3-5,9H2,1-2H3,(H2,21,27)(H,23,26). The van der Waals surface area contributed by atoms with E-state index in [0.29, 0.717) is 15.7 Å². The van der Waals surface area contributed by atoms with Crippen LogP contribution in [-0.2, 0) is 17.6 Å². The van der Waals surface area contributed by atoms with Crippen LogP contribution in [0.25, 0.3) is 5.69 Å². The number of carbonyl (C=O) groups is 2. The minimum Gasteiger partial charge on any atom is -0.365 e. The molecular weight excluding hydrogens is 406 g/mol. The highest BCUT2D eigenvalue weighted by Crippen LogP contribution is 2.39. The van der Waals surface area contributed by atoms with E-state index in [1.807, 2.05) is 30.5 Å². The molecule has 0 bridgehead atoms. The number of thiophene rings is 1. The normalized spacial score (nSPS) is 12.8. The summed E-state index contributed by atoms with van der Waals surface area (Å²) in [7, 11) is 0. The van der Waals surface area contributed by atoms with Crippen molar-refractivity contribution < 1.29 is 9.59 Å². The van der Waals surface area contributed by atoms with Crippen molar-refractivity contribution in [1.29, 1.82) is 0 Å². The Morgan fingerprint density at radius 3 is 2.90 bits per heavy atom. The zero-order valence-corrected chi connectivity index (χ0v) is 17.8. The number of amides is 2. The Labute approximate surface area is 176 Å². The molecule has 2 heterocycles. The van der Waals surface area contributed by atoms with Crippen LogP contribution < -0.4 is 11.1 Å². The summed E-state index contributed by atoms with van der Waals surface area (Å²) in [6.07, 6.45) is 4.45. The van der Waals surface area contributed by atoms with Gasteiger partial charge in [0.15, 0.2) is 5.16 Å². The second-order valence-corrected chi connectivity index (χ2v) is 9.08. The lowest BCUT2D eigenvalue weighted by Gasteiger charge is -2.10. The molecular formula is C20H21N5O2S2. The van der Waals surface area contributed by atoms with Gasteiger partial charge in [-0.3, -0.25) is 14.2 Å². The van der Waals surface area contributed by atoms with Crippen LogP contribution in [0.3, 0.4) is 0 Å². The quantitative estimate of drug-likeness (QED) is 0.588. The number of carbonyl (C=O) groups excluding carboxylic acids is 2. The maximum atomic E-state index is 12.5. The van der Waals surface area contributed by atoms with Gasteiger partial charge in [-0.15, -0.1) is 21.5 Å². The van der Waals surface area contributed by atoms with Gasteiger partial charge < -0.3 is 11.1 Å². The van der Waals surface area contributed by atoms with Crippen LogP contribution in [0.1, 0.15) is 38.3 Å². The first-order chi connectivity index (χ1) is 13.9. The second kappa shape index (κ2) is 8.00. The highest BCUT2D eigenvalue weighted by molar-refractivity contribution is 7.99. The Bertz CT molecular complexity index is 1100. The van der Waals surface area contributed by atoms with Gasteiger partial charge in [-0.2, -0.15) is 0 Å². The number of hydrogen-bond acceptors (Lipinski definition) is 6. The Kier molecular flexibility index (Phi) is 5.42. The summed E-state index contributed by atoms with van der Waals surface area (Å²) >= 11 is 2.76. The Balaban J connectivity index is 1.47. The zero-order valence-electron chi connectivity index (χ0n) is 16.2. The molecule has 0 spiro atoms. The van der Waals surface area contributed by atoms with Gasteiger partial charge in [0.25, 0.3) is 5.91 Å². The molecule has 0 radical (unpaired) electrons. The molecule has 7 nitrogen and oxygen atoms in total. The molecule has 0 unspecified atom stereocenters. The van der Waals surface area contributed by atoms with Crippen molar-refractivity contribution >= 4 is 39.9 Å². The number of anilines is 1. The Morgan fingerprint density at radius 1 is 1.31 bits per heavy atom. The molecule has 3 aromatic rings. The number of aryl methyl sites for hydroxylation is 3. The monoisotopic (exact) mass is 427 g/mol. The number of thioether (sulfide) groups is 1. The van der Waals surface area contributed by atoms with Gasteiger partial charge in [-0.1, -0.05) is 29.5 Å². The summed E-state index contributed by atoms with van der Waals surface area (Å²) in [5, 5.41) is 12.2. The lowest BCUT2D eigenvalue weighted by atomic mass is 10.1. The van der Waals surface area contributed by atoms with Gasteiger partial charge in [0, 0.05) is 4.88 Å². The van der Waals surface area contributed by atoms with Gasteiger partial charge in [-0.05, 0) is 50.3 Å². The molecule has 2 aromatic heterocycles. The van der Waals surface area contributed by atoms with E-state index in [1.165, 1.54) is 28.7 Å². The van der Waals surface area contributed by atoms with Crippen molar-refractivity contribution in [2.75, 3.05) is 11.1 Å². The molecule has 150 valence electrons. The molecule has 0 fully saturated rings. The minimum atomic E-state index is -0.484. The zero-order chi connectivity index (χ0) is 20.5. The predicted molar refractivity (Wildman–Crippen MR) is 115 cm³/mol. The Hall–Kier alpha value is -2.65. The van der Waals surface area contributed by atoms with Crippen molar-refractivity contribution in [3.63, 3.8) is 0 Å². The van der Waals surface area contributed by atoms with Crippen LogP contribution in [-0.4, -0.2) is 32.3 Å². The average Bonchev–Trinajstić information content (AvgIpc) is 3.35. The van der Waals surface area contributed by atoms with Crippen molar-refractivity contribution in [3.05, 3.63) is 51.7 Å². The SMILES string of the molecule is Cc1ccc(-n2cnnc2SCC(=O)Nc2sc3c(c2C(N)=O)CCC3)c(C)c1. The van der Waals surface area contributed by atoms with E-state index in [9.17, 15) is 9.59 Å². The van der Waals surface area contributed by atoms with Gasteiger partial charge in [0.1, 0.15) is 11.3 Å². The van der Waals surface area contributed by atoms with Crippen molar-refractivity contribution in [1.82, 2.24) is 14.8 Å². The van der Waals surface area contributed by atoms with Crippen LogP contribution in [0.5, 0.6) is 0 Å². The predicted octanol–water partition coefficient (Wildman–Crippen LogP) is 3.26. The maximum absolute atomic E-state index is 12.5. The highest BCUT2D eigenvalue weighted by atomic mass is 32.2. The third-order valence-corrected chi connectivity index (χ3v) is 7.03. The molecule has 1 aliphatic carbocycles. The minimum absolute atomic E-state index is 0.157. The van der Waals surface area contributed by atoms with E-state index in [-0.39, 0.29) is 11.7 Å². The summed E-state index contributed by atoms with van der Waals surface area (Å²) in [6, 6.07) is 6.15. The van der Waals surface area contributed by atoms with Gasteiger partial charge in [-0.25, -0.2) is 0 Å². The molecule has 0 atom stereocenters. The van der Waals surface area contributed by atoms with E-state index in [2.05, 4.69) is 21.6 Å². The third kappa shape index (κ3) is 3.92. The van der Waals surface area contributed by atoms with Gasteiger partial charge in [0.2, 0.25) is 5.91 Å². The van der Waals surface area contributed by atoms with Crippen molar-refractivity contribution in [2.45, 2.75) is 38.3 Å². The first-order valence-corrected chi connectivity index (χ1v) is 11.1. The third-order valence-electron chi connectivity index (χ3n) is 4.88. The number of nitrogens with zero attached hydrogens (tertiary/aromatic N) is 3. The highest BCUT2D eigenvalue weighted by Gasteiger charge is 2.26. The molecule has 0 saturated carbocycles. The number of nitrogens with two attached hydrogens (primary N) is 1. The number of benzene rings is 1. The van der Waals surface area contributed by atoms with Crippen LogP contribution in [0, 0.1) is 13.8 Å². The van der Waals surface area contributed by atoms with E-state index in [1.54, 1.807) is 6.33 Å². The molecule has 2 amide bonds. The summed E-state index contributed by atoms with van der Waals surface area (Å²) < 4.78 is 1.88. The van der Waals surface area contributed by atoms with Crippen LogP contribution in [0.4, 0.5) is 5.00 Å². The summed E-state index contributed by atoms with van der Waals surface area (Å²) in [6.45, 7) is 4.08. The molecule has 0 saturated heterocycles. The van der Waals surface area contributed by atoms with Crippen LogP contribution in [0.2, 0.25) is 0 Å². The molecule has 1 aliphatic rings. The lowest BCUT2D eigenvalue weighted by Crippen LogP contribution is -2.19. The summed E-state index contributed by atoms with van der Waals surface area (Å²) in [5.41, 5.74) is 10.3. The molecule has 3 N–H and O–H groups in total. The number of nitrogens with one attached hydrogen (secondary N) is 1. The van der Waals surface area contributed by atoms with Crippen molar-refractivity contribution in [3.8, 4) is 5.69 Å². The number of rotatable bonds is 6. The smallest absolute Gasteiger partial charge is 0.251 e. The largest absolute Gasteiger partial charge is 0.365 e. The van der Waals surface area contributed by atoms with Crippen molar-refractivity contribution in [2.24, 2.45) is 5.73 Å². The fourth-order valence-corrected chi connectivity index (χ4v) is 5.64. The van der Waals surface area contributed by atoms with Crippen LogP contribution in [0.15, 0.2) is 29.7 Å². The number of hydrogen-bond donors (Lipinski definition) is 2. The van der Waals surface area contributed by atoms with Crippen LogP contribution >= 0.6 is 23.1 Å². The molecule has 0 aliphatic heterocycles. The summed E-state index contributed by atoms with van der Waals surface area (Å²) in [4.78, 5) is 25.6. The van der Waals surface area contributed by atoms with Gasteiger partial charge >= 0.3 is 0 Å². The first-order valence-electron chi connectivity index (χ1n) is 9.28. The first kappa shape index (κ1) is 19.7. The lowest BCUT2D eigenvalue weighted by molar-refractivity contribution is -0.113. The fraction of sp³-hybridized carbons (Fsp3) is 0.300. The van der Waals surface area contributed by atoms with E-state index < -0.39 is 5.91 Å². The van der Waals surface area contributed by atoms with E-state index in [0.717, 1.165) is 41.0 Å². The Morgan fingerprint density at radius 2 is 2.14 bits per heavy atom. The topological polar surface area (TPSA) is 103 Å². The maximum Gasteiger partial charge on any atom is 0.251 e. The van der Waals surface area contributed by atoms with Gasteiger partial charge in [0.05, 0.1) is 17.0 Å². The molecule has 1 aromatic carbocycles. The number of primary amides is 1. The average molecular weight is 428 g/mol. The number of aromatic nitrogens is 3. The molecule has 29 heavy (non-hydrogen) atoms. The van der Waals surface area contributed by atoms with E-state index in [4.69, 9.17) is 5.73 Å². The van der Waals surface area contributed by atoms with E-state index >= 15 is 0 Å². The molecule has 9 heteroatoms. The second-order valence-electron chi connectivity index (χ2n) is 7.04. The number of fused-ring (bicyclic) bond motifs is 1. The summed E-state index contributed by atoms with van der Waals surface area (Å²) in [5.74, 6) is -0.528. The molecule has 4 rings (SSSR count). The fourth-order valence-electron chi connectivity index (χ4n) is 3.61.